The Morgan fingerprint density at radius 2 is 2.00 bits per heavy atom. The molecule has 3 nitrogen and oxygen atoms in total. The van der Waals surface area contributed by atoms with E-state index in [4.69, 9.17) is 10.5 Å². The molecule has 2 aromatic carbocycles. The summed E-state index contributed by atoms with van der Waals surface area (Å²) in [5.74, 6) is 0.555. The second kappa shape index (κ2) is 7.20. The summed E-state index contributed by atoms with van der Waals surface area (Å²) in [6.45, 7) is 0.295. The first kappa shape index (κ1) is 16.1. The normalized spacial score (nSPS) is 13.3. The summed E-state index contributed by atoms with van der Waals surface area (Å²) in [7, 11) is 0. The lowest BCUT2D eigenvalue weighted by Gasteiger charge is -2.13. The molecule has 0 spiro atoms. The number of thioether (sulfide) groups is 1. The van der Waals surface area contributed by atoms with Crippen LogP contribution in [0.15, 0.2) is 42.5 Å². The van der Waals surface area contributed by atoms with Gasteiger partial charge in [0.2, 0.25) is 0 Å². The molecule has 0 saturated carbocycles. The third-order valence-electron chi connectivity index (χ3n) is 4.25. The summed E-state index contributed by atoms with van der Waals surface area (Å²) in [6, 6.07) is 14.1. The Morgan fingerprint density at radius 1 is 1.22 bits per heavy atom. The van der Waals surface area contributed by atoms with E-state index in [1.54, 1.807) is 11.8 Å². The van der Waals surface area contributed by atoms with Crippen LogP contribution in [0.2, 0.25) is 0 Å². The summed E-state index contributed by atoms with van der Waals surface area (Å²) in [6.07, 6.45) is 3.55. The maximum absolute atomic E-state index is 12.0. The van der Waals surface area contributed by atoms with Crippen molar-refractivity contribution in [1.82, 2.24) is 0 Å². The van der Waals surface area contributed by atoms with E-state index in [0.29, 0.717) is 13.0 Å². The van der Waals surface area contributed by atoms with Gasteiger partial charge < -0.3 is 10.5 Å². The fraction of sp³-hybridized carbons (Fsp3) is 0.316. The highest BCUT2D eigenvalue weighted by molar-refractivity contribution is 7.98. The summed E-state index contributed by atoms with van der Waals surface area (Å²) in [4.78, 5) is 12.0. The molecule has 0 radical (unpaired) electrons. The van der Waals surface area contributed by atoms with E-state index in [-0.39, 0.29) is 5.97 Å². The van der Waals surface area contributed by atoms with E-state index < -0.39 is 6.04 Å². The van der Waals surface area contributed by atoms with E-state index in [9.17, 15) is 4.79 Å². The Morgan fingerprint density at radius 3 is 2.83 bits per heavy atom. The molecule has 4 heteroatoms. The van der Waals surface area contributed by atoms with Crippen LogP contribution in [-0.2, 0) is 22.6 Å². The molecular formula is C19H21NO2S. The van der Waals surface area contributed by atoms with Gasteiger partial charge in [0.1, 0.15) is 12.6 Å². The molecule has 1 aliphatic rings. The molecule has 2 N–H and O–H groups in total. The van der Waals surface area contributed by atoms with Gasteiger partial charge in [0, 0.05) is 0 Å². The highest BCUT2D eigenvalue weighted by atomic mass is 32.2. The highest BCUT2D eigenvalue weighted by Gasteiger charge is 2.21. The van der Waals surface area contributed by atoms with Crippen LogP contribution >= 0.6 is 11.8 Å². The van der Waals surface area contributed by atoms with Gasteiger partial charge in [-0.05, 0) is 52.7 Å². The van der Waals surface area contributed by atoms with Crippen LogP contribution in [-0.4, -0.2) is 24.0 Å². The molecule has 0 aliphatic heterocycles. The zero-order valence-corrected chi connectivity index (χ0v) is 14.1. The molecule has 0 heterocycles. The molecule has 2 aromatic rings. The predicted octanol–water partition coefficient (Wildman–Crippen LogP) is 3.38. The first-order chi connectivity index (χ1) is 11.2. The van der Waals surface area contributed by atoms with E-state index >= 15 is 0 Å². The number of hydrogen-bond acceptors (Lipinski definition) is 4. The second-order valence-corrected chi connectivity index (χ2v) is 6.76. The van der Waals surface area contributed by atoms with Gasteiger partial charge in [-0.2, -0.15) is 11.8 Å². The Hall–Kier alpha value is -1.78. The molecule has 1 aliphatic carbocycles. The van der Waals surface area contributed by atoms with Crippen molar-refractivity contribution in [3.63, 3.8) is 0 Å². The van der Waals surface area contributed by atoms with Crippen molar-refractivity contribution in [2.45, 2.75) is 25.5 Å². The van der Waals surface area contributed by atoms with Crippen molar-refractivity contribution in [3.05, 3.63) is 59.2 Å². The number of ether oxygens (including phenoxy) is 1. The first-order valence-corrected chi connectivity index (χ1v) is 9.20. The minimum Gasteiger partial charge on any atom is -0.460 e. The Kier molecular flexibility index (Phi) is 5.03. The van der Waals surface area contributed by atoms with E-state index in [1.807, 2.05) is 18.4 Å². The van der Waals surface area contributed by atoms with E-state index in [2.05, 4.69) is 30.3 Å². The number of carbonyl (C=O) groups is 1. The number of benzene rings is 2. The van der Waals surface area contributed by atoms with Crippen LogP contribution in [0, 0.1) is 0 Å². The fourth-order valence-corrected chi connectivity index (χ4v) is 3.47. The number of carbonyl (C=O) groups excluding carboxylic acids is 1. The van der Waals surface area contributed by atoms with Gasteiger partial charge in [-0.25, -0.2) is 0 Å². The van der Waals surface area contributed by atoms with Gasteiger partial charge in [0.15, 0.2) is 0 Å². The van der Waals surface area contributed by atoms with Crippen LogP contribution in [0.5, 0.6) is 0 Å². The third kappa shape index (κ3) is 3.43. The van der Waals surface area contributed by atoms with Crippen LogP contribution in [0.1, 0.15) is 23.1 Å². The molecule has 0 aromatic heterocycles. The lowest BCUT2D eigenvalue weighted by molar-refractivity contribution is -0.146. The largest absolute Gasteiger partial charge is 0.460 e. The number of esters is 1. The van der Waals surface area contributed by atoms with Gasteiger partial charge in [0.05, 0.1) is 0 Å². The average molecular weight is 327 g/mol. The summed E-state index contributed by atoms with van der Waals surface area (Å²) in [5.41, 5.74) is 12.1. The Labute approximate surface area is 141 Å². The highest BCUT2D eigenvalue weighted by Crippen LogP contribution is 2.38. The lowest BCUT2D eigenvalue weighted by atomic mass is 10.0. The molecule has 0 fully saturated rings. The fourth-order valence-electron chi connectivity index (χ4n) is 2.98. The smallest absolute Gasteiger partial charge is 0.323 e. The van der Waals surface area contributed by atoms with Crippen LogP contribution in [0.25, 0.3) is 11.1 Å². The van der Waals surface area contributed by atoms with Gasteiger partial charge in [-0.15, -0.1) is 0 Å². The van der Waals surface area contributed by atoms with Gasteiger partial charge in [0.25, 0.3) is 0 Å². The molecule has 0 bridgehead atoms. The standard InChI is InChI=1S/C19H21NO2S/c1-23-10-9-18(20)19(21)22-12-14-6-4-8-16-15-7-3-2-5-13(15)11-17(14)16/h2-8,18H,9-12,20H2,1H3/t18-/m0/s1. The Balaban J connectivity index is 1.70. The number of rotatable bonds is 6. The lowest BCUT2D eigenvalue weighted by Crippen LogP contribution is -2.32. The van der Waals surface area contributed by atoms with Crippen molar-refractivity contribution < 1.29 is 9.53 Å². The summed E-state index contributed by atoms with van der Waals surface area (Å²) < 4.78 is 5.44. The maximum Gasteiger partial charge on any atom is 0.323 e. The van der Waals surface area contributed by atoms with Crippen LogP contribution < -0.4 is 5.73 Å². The zero-order valence-electron chi connectivity index (χ0n) is 13.2. The SMILES string of the molecule is CSCC[C@H](N)C(=O)OCc1cccc2c1Cc1ccccc1-2. The second-order valence-electron chi connectivity index (χ2n) is 5.77. The van der Waals surface area contributed by atoms with Crippen molar-refractivity contribution in [1.29, 1.82) is 0 Å². The quantitative estimate of drug-likeness (QED) is 0.705. The molecule has 0 unspecified atom stereocenters. The summed E-state index contributed by atoms with van der Waals surface area (Å²) in [5, 5.41) is 0. The first-order valence-electron chi connectivity index (χ1n) is 7.81. The van der Waals surface area contributed by atoms with E-state index in [1.165, 1.54) is 22.3 Å². The predicted molar refractivity (Wildman–Crippen MR) is 95.5 cm³/mol. The van der Waals surface area contributed by atoms with Crippen molar-refractivity contribution in [2.75, 3.05) is 12.0 Å². The molecule has 120 valence electrons. The molecule has 1 atom stereocenters. The van der Waals surface area contributed by atoms with Crippen molar-refractivity contribution in [2.24, 2.45) is 5.73 Å². The minimum absolute atomic E-state index is 0.295. The molecular weight excluding hydrogens is 306 g/mol. The topological polar surface area (TPSA) is 52.3 Å². The van der Waals surface area contributed by atoms with Gasteiger partial charge >= 0.3 is 5.97 Å². The average Bonchev–Trinajstić information content (AvgIpc) is 2.96. The van der Waals surface area contributed by atoms with Crippen LogP contribution in [0.4, 0.5) is 0 Å². The number of fused-ring (bicyclic) bond motifs is 3. The van der Waals surface area contributed by atoms with Crippen molar-refractivity contribution >= 4 is 17.7 Å². The minimum atomic E-state index is -0.531. The van der Waals surface area contributed by atoms with E-state index in [0.717, 1.165) is 17.7 Å². The van der Waals surface area contributed by atoms with Crippen LogP contribution in [0.3, 0.4) is 0 Å². The van der Waals surface area contributed by atoms with Gasteiger partial charge in [-0.3, -0.25) is 4.79 Å². The molecule has 3 rings (SSSR count). The summed E-state index contributed by atoms with van der Waals surface area (Å²) >= 11 is 1.68. The zero-order chi connectivity index (χ0) is 16.2. The third-order valence-corrected chi connectivity index (χ3v) is 4.90. The molecule has 0 amide bonds. The molecule has 0 saturated heterocycles. The maximum atomic E-state index is 12.0. The van der Waals surface area contributed by atoms with Gasteiger partial charge in [-0.1, -0.05) is 42.5 Å². The number of nitrogens with two attached hydrogens (primary N) is 1. The molecule has 23 heavy (non-hydrogen) atoms. The number of hydrogen-bond donors (Lipinski definition) is 1. The monoisotopic (exact) mass is 327 g/mol. The Bertz CT molecular complexity index is 714. The van der Waals surface area contributed by atoms with Crippen molar-refractivity contribution in [3.8, 4) is 11.1 Å².